The molecule has 1 aliphatic rings. The third kappa shape index (κ3) is 2.90. The van der Waals surface area contributed by atoms with Gasteiger partial charge in [-0.15, -0.1) is 35.9 Å². The summed E-state index contributed by atoms with van der Waals surface area (Å²) in [5.74, 6) is 5.36. The second kappa shape index (κ2) is 4.98. The molecule has 10 heavy (non-hydrogen) atoms. The Morgan fingerprint density at radius 1 is 1.40 bits per heavy atom. The first-order valence-electron chi connectivity index (χ1n) is 3.60. The third-order valence-electron chi connectivity index (χ3n) is 1.42. The standard InChI is InChI=1S/C8H12S2/c1-2-3-5-8-9-6-4-7-10-8/h1,8H,3-7H2. The van der Waals surface area contributed by atoms with Crippen molar-refractivity contribution in [1.82, 2.24) is 0 Å². The van der Waals surface area contributed by atoms with Gasteiger partial charge in [0.05, 0.1) is 4.58 Å². The molecule has 2 heteroatoms. The van der Waals surface area contributed by atoms with Crippen LogP contribution in [0, 0.1) is 12.3 Å². The van der Waals surface area contributed by atoms with Crippen molar-refractivity contribution in [2.45, 2.75) is 23.8 Å². The first kappa shape index (κ1) is 8.36. The summed E-state index contributed by atoms with van der Waals surface area (Å²) in [6.45, 7) is 0. The average molecular weight is 172 g/mol. The Bertz CT molecular complexity index is 120. The molecule has 0 atom stereocenters. The Hall–Kier alpha value is 0.260. The lowest BCUT2D eigenvalue weighted by atomic mass is 10.3. The van der Waals surface area contributed by atoms with Gasteiger partial charge in [0.25, 0.3) is 0 Å². The van der Waals surface area contributed by atoms with E-state index in [0.717, 1.165) is 11.0 Å². The number of rotatable bonds is 2. The predicted octanol–water partition coefficient (Wildman–Crippen LogP) is 2.60. The van der Waals surface area contributed by atoms with Crippen LogP contribution < -0.4 is 0 Å². The summed E-state index contributed by atoms with van der Waals surface area (Å²) >= 11 is 4.14. The van der Waals surface area contributed by atoms with E-state index in [1.54, 1.807) is 0 Å². The quantitative estimate of drug-likeness (QED) is 0.587. The lowest BCUT2D eigenvalue weighted by molar-refractivity contribution is 0.944. The zero-order valence-electron chi connectivity index (χ0n) is 6.01. The van der Waals surface area contributed by atoms with Crippen LogP contribution in [0.5, 0.6) is 0 Å². The van der Waals surface area contributed by atoms with Crippen LogP contribution in [0.3, 0.4) is 0 Å². The Kier molecular flexibility index (Phi) is 4.16. The van der Waals surface area contributed by atoms with Crippen molar-refractivity contribution in [1.29, 1.82) is 0 Å². The van der Waals surface area contributed by atoms with Crippen LogP contribution in [0.2, 0.25) is 0 Å². The molecule has 0 aromatic heterocycles. The lowest BCUT2D eigenvalue weighted by Crippen LogP contribution is -2.05. The van der Waals surface area contributed by atoms with E-state index in [-0.39, 0.29) is 0 Å². The van der Waals surface area contributed by atoms with Gasteiger partial charge in [-0.1, -0.05) is 0 Å². The Morgan fingerprint density at radius 3 is 2.70 bits per heavy atom. The molecule has 0 aromatic carbocycles. The van der Waals surface area contributed by atoms with Crippen molar-refractivity contribution in [3.63, 3.8) is 0 Å². The van der Waals surface area contributed by atoms with Gasteiger partial charge in [0.1, 0.15) is 0 Å². The third-order valence-corrected chi connectivity index (χ3v) is 4.50. The maximum atomic E-state index is 5.18. The van der Waals surface area contributed by atoms with Crippen molar-refractivity contribution < 1.29 is 0 Å². The molecule has 0 bridgehead atoms. The van der Waals surface area contributed by atoms with Gasteiger partial charge in [-0.2, -0.15) is 0 Å². The molecule has 0 saturated carbocycles. The van der Waals surface area contributed by atoms with Crippen LogP contribution in [0.25, 0.3) is 0 Å². The molecule has 0 aromatic rings. The molecule has 1 rings (SSSR count). The molecular weight excluding hydrogens is 160 g/mol. The van der Waals surface area contributed by atoms with Crippen molar-refractivity contribution in [3.05, 3.63) is 0 Å². The van der Waals surface area contributed by atoms with E-state index >= 15 is 0 Å². The fourth-order valence-corrected chi connectivity index (χ4v) is 3.77. The first-order valence-corrected chi connectivity index (χ1v) is 5.70. The molecule has 56 valence electrons. The smallest absolute Gasteiger partial charge is 0.0511 e. The highest BCUT2D eigenvalue weighted by Crippen LogP contribution is 2.33. The summed E-state index contributed by atoms with van der Waals surface area (Å²) < 4.78 is 0.796. The van der Waals surface area contributed by atoms with Crippen molar-refractivity contribution in [2.24, 2.45) is 0 Å². The fraction of sp³-hybridized carbons (Fsp3) is 0.750. The molecule has 0 radical (unpaired) electrons. The van der Waals surface area contributed by atoms with Crippen molar-refractivity contribution in [2.75, 3.05) is 11.5 Å². The van der Waals surface area contributed by atoms with E-state index < -0.39 is 0 Å². The minimum Gasteiger partial charge on any atom is -0.148 e. The highest BCUT2D eigenvalue weighted by atomic mass is 32.2. The maximum absolute atomic E-state index is 5.18. The van der Waals surface area contributed by atoms with Crippen molar-refractivity contribution in [3.8, 4) is 12.3 Å². The summed E-state index contributed by atoms with van der Waals surface area (Å²) in [5, 5.41) is 0. The van der Waals surface area contributed by atoms with Gasteiger partial charge in [0.2, 0.25) is 0 Å². The van der Waals surface area contributed by atoms with Crippen LogP contribution >= 0.6 is 23.5 Å². The highest BCUT2D eigenvalue weighted by molar-refractivity contribution is 8.17. The van der Waals surface area contributed by atoms with Gasteiger partial charge in [0, 0.05) is 6.42 Å². The van der Waals surface area contributed by atoms with Crippen LogP contribution in [-0.4, -0.2) is 16.1 Å². The molecule has 0 N–H and O–H groups in total. The second-order valence-corrected chi connectivity index (χ2v) is 5.19. The van der Waals surface area contributed by atoms with E-state index in [1.807, 2.05) is 0 Å². The predicted molar refractivity (Wildman–Crippen MR) is 51.4 cm³/mol. The summed E-state index contributed by atoms with van der Waals surface area (Å²) in [4.78, 5) is 0. The molecule has 0 unspecified atom stereocenters. The van der Waals surface area contributed by atoms with Crippen molar-refractivity contribution >= 4 is 23.5 Å². The van der Waals surface area contributed by atoms with E-state index in [1.165, 1.54) is 24.3 Å². The first-order chi connectivity index (χ1) is 4.93. The molecule has 1 saturated heterocycles. The van der Waals surface area contributed by atoms with Gasteiger partial charge >= 0.3 is 0 Å². The van der Waals surface area contributed by atoms with Gasteiger partial charge in [0.15, 0.2) is 0 Å². The summed E-state index contributed by atoms with van der Waals surface area (Å²) in [5.41, 5.74) is 0. The zero-order valence-corrected chi connectivity index (χ0v) is 7.64. The van der Waals surface area contributed by atoms with E-state index in [2.05, 4.69) is 29.4 Å². The van der Waals surface area contributed by atoms with E-state index in [4.69, 9.17) is 6.42 Å². The normalized spacial score (nSPS) is 20.3. The van der Waals surface area contributed by atoms with Gasteiger partial charge in [-0.25, -0.2) is 0 Å². The zero-order chi connectivity index (χ0) is 7.23. The van der Waals surface area contributed by atoms with Gasteiger partial charge < -0.3 is 0 Å². The summed E-state index contributed by atoms with van der Waals surface area (Å²) in [6, 6.07) is 0. The van der Waals surface area contributed by atoms with Crippen LogP contribution in [-0.2, 0) is 0 Å². The molecule has 1 aliphatic heterocycles. The van der Waals surface area contributed by atoms with Crippen LogP contribution in [0.4, 0.5) is 0 Å². The number of thioether (sulfide) groups is 2. The molecule has 1 fully saturated rings. The molecular formula is C8H12S2. The molecule has 0 spiro atoms. The summed E-state index contributed by atoms with van der Waals surface area (Å²) in [6.07, 6.45) is 8.70. The van der Waals surface area contributed by atoms with Crippen LogP contribution in [0.15, 0.2) is 0 Å². The Balaban J connectivity index is 2.09. The Labute approximate surface area is 71.5 Å². The monoisotopic (exact) mass is 172 g/mol. The van der Waals surface area contributed by atoms with Gasteiger partial charge in [-0.05, 0) is 24.3 Å². The number of terminal acetylenes is 1. The average Bonchev–Trinajstić information content (AvgIpc) is 2.03. The largest absolute Gasteiger partial charge is 0.148 e. The molecule has 0 nitrogen and oxygen atoms in total. The molecule has 1 heterocycles. The molecule has 0 aliphatic carbocycles. The maximum Gasteiger partial charge on any atom is 0.0511 e. The van der Waals surface area contributed by atoms with E-state index in [0.29, 0.717) is 0 Å². The number of hydrogen-bond donors (Lipinski definition) is 0. The summed E-state index contributed by atoms with van der Waals surface area (Å²) in [7, 11) is 0. The highest BCUT2D eigenvalue weighted by Gasteiger charge is 2.12. The van der Waals surface area contributed by atoms with Gasteiger partial charge in [-0.3, -0.25) is 0 Å². The fourth-order valence-electron chi connectivity index (χ4n) is 0.904. The SMILES string of the molecule is C#CCCC1SCCCS1. The Morgan fingerprint density at radius 2 is 2.10 bits per heavy atom. The van der Waals surface area contributed by atoms with Crippen LogP contribution in [0.1, 0.15) is 19.3 Å². The topological polar surface area (TPSA) is 0 Å². The number of hydrogen-bond acceptors (Lipinski definition) is 2. The molecule has 0 amide bonds. The minimum absolute atomic E-state index is 0.796. The van der Waals surface area contributed by atoms with E-state index in [9.17, 15) is 0 Å². The minimum atomic E-state index is 0.796. The second-order valence-electron chi connectivity index (χ2n) is 2.27. The lowest BCUT2D eigenvalue weighted by Gasteiger charge is -2.19.